The SMILES string of the molecule is COc1cc(CN2CCCn3cccc3C2c2ccccc2O)ccc1O. The predicted molar refractivity (Wildman–Crippen MR) is 104 cm³/mol. The lowest BCUT2D eigenvalue weighted by Gasteiger charge is -2.31. The van der Waals surface area contributed by atoms with E-state index in [2.05, 4.69) is 27.8 Å². The van der Waals surface area contributed by atoms with Crippen LogP contribution in [0.2, 0.25) is 0 Å². The van der Waals surface area contributed by atoms with E-state index in [0.29, 0.717) is 18.0 Å². The van der Waals surface area contributed by atoms with Gasteiger partial charge in [0, 0.05) is 37.1 Å². The van der Waals surface area contributed by atoms with Gasteiger partial charge in [0.05, 0.1) is 13.2 Å². The largest absolute Gasteiger partial charge is 0.508 e. The zero-order valence-electron chi connectivity index (χ0n) is 15.4. The molecule has 0 saturated carbocycles. The number of ether oxygens (including phenoxy) is 1. The highest BCUT2D eigenvalue weighted by atomic mass is 16.5. The molecule has 0 amide bonds. The van der Waals surface area contributed by atoms with E-state index in [1.807, 2.05) is 30.3 Å². The lowest BCUT2D eigenvalue weighted by molar-refractivity contribution is 0.216. The maximum atomic E-state index is 10.5. The van der Waals surface area contributed by atoms with Gasteiger partial charge in [-0.15, -0.1) is 0 Å². The summed E-state index contributed by atoms with van der Waals surface area (Å²) in [6.07, 6.45) is 3.14. The number of rotatable bonds is 4. The summed E-state index contributed by atoms with van der Waals surface area (Å²) in [5, 5.41) is 20.4. The van der Waals surface area contributed by atoms with Crippen molar-refractivity contribution in [2.75, 3.05) is 13.7 Å². The number of benzene rings is 2. The first-order valence-corrected chi connectivity index (χ1v) is 9.20. The molecule has 1 unspecified atom stereocenters. The summed E-state index contributed by atoms with van der Waals surface area (Å²) in [5.41, 5.74) is 3.15. The minimum Gasteiger partial charge on any atom is -0.508 e. The molecule has 0 fully saturated rings. The second-order valence-electron chi connectivity index (χ2n) is 6.92. The third-order valence-corrected chi connectivity index (χ3v) is 5.22. The minimum atomic E-state index is -0.0384. The average molecular weight is 364 g/mol. The van der Waals surface area contributed by atoms with Gasteiger partial charge in [0.25, 0.3) is 0 Å². The van der Waals surface area contributed by atoms with Gasteiger partial charge < -0.3 is 19.5 Å². The van der Waals surface area contributed by atoms with Crippen molar-refractivity contribution in [2.45, 2.75) is 25.6 Å². The molecule has 0 aliphatic carbocycles. The first-order chi connectivity index (χ1) is 13.2. The Morgan fingerprint density at radius 3 is 2.67 bits per heavy atom. The Hall–Kier alpha value is -2.92. The van der Waals surface area contributed by atoms with Gasteiger partial charge in [-0.05, 0) is 42.3 Å². The Morgan fingerprint density at radius 1 is 1.00 bits per heavy atom. The van der Waals surface area contributed by atoms with Crippen molar-refractivity contribution in [2.24, 2.45) is 0 Å². The number of aryl methyl sites for hydroxylation is 1. The maximum Gasteiger partial charge on any atom is 0.160 e. The minimum absolute atomic E-state index is 0.0384. The van der Waals surface area contributed by atoms with Gasteiger partial charge in [0.2, 0.25) is 0 Å². The number of hydrogen-bond donors (Lipinski definition) is 2. The fraction of sp³-hybridized carbons (Fsp3) is 0.273. The molecule has 0 radical (unpaired) electrons. The van der Waals surface area contributed by atoms with Gasteiger partial charge in [0.1, 0.15) is 5.75 Å². The first-order valence-electron chi connectivity index (χ1n) is 9.20. The highest BCUT2D eigenvalue weighted by molar-refractivity contribution is 5.43. The fourth-order valence-corrected chi connectivity index (χ4v) is 3.94. The normalized spacial score (nSPS) is 17.3. The van der Waals surface area contributed by atoms with E-state index >= 15 is 0 Å². The van der Waals surface area contributed by atoms with Gasteiger partial charge in [-0.2, -0.15) is 0 Å². The van der Waals surface area contributed by atoms with Crippen molar-refractivity contribution in [1.82, 2.24) is 9.47 Å². The predicted octanol–water partition coefficient (Wildman–Crippen LogP) is 3.90. The lowest BCUT2D eigenvalue weighted by Crippen LogP contribution is -2.29. The van der Waals surface area contributed by atoms with Crippen LogP contribution < -0.4 is 4.74 Å². The number of phenolic OH excluding ortho intramolecular Hbond substituents is 2. The summed E-state index contributed by atoms with van der Waals surface area (Å²) in [7, 11) is 1.56. The summed E-state index contributed by atoms with van der Waals surface area (Å²) in [4.78, 5) is 2.37. The van der Waals surface area contributed by atoms with Crippen molar-refractivity contribution in [1.29, 1.82) is 0 Å². The third kappa shape index (κ3) is 3.38. The number of aromatic nitrogens is 1. The number of nitrogens with zero attached hydrogens (tertiary/aromatic N) is 2. The zero-order valence-corrected chi connectivity index (χ0v) is 15.4. The molecular formula is C22H24N2O3. The van der Waals surface area contributed by atoms with Crippen LogP contribution in [-0.4, -0.2) is 33.3 Å². The molecule has 5 nitrogen and oxygen atoms in total. The van der Waals surface area contributed by atoms with Gasteiger partial charge in [-0.1, -0.05) is 24.3 Å². The second kappa shape index (κ2) is 7.37. The van der Waals surface area contributed by atoms with Crippen LogP contribution in [0.5, 0.6) is 17.2 Å². The fourth-order valence-electron chi connectivity index (χ4n) is 3.94. The van der Waals surface area contributed by atoms with Gasteiger partial charge in [-0.25, -0.2) is 0 Å². The Bertz CT molecular complexity index is 935. The molecule has 0 spiro atoms. The molecule has 2 N–H and O–H groups in total. The summed E-state index contributed by atoms with van der Waals surface area (Å²) in [5.74, 6) is 0.929. The van der Waals surface area contributed by atoms with Crippen molar-refractivity contribution in [3.05, 3.63) is 77.6 Å². The summed E-state index contributed by atoms with van der Waals surface area (Å²) < 4.78 is 7.53. The van der Waals surface area contributed by atoms with Crippen LogP contribution >= 0.6 is 0 Å². The molecule has 1 aliphatic rings. The number of hydrogen-bond acceptors (Lipinski definition) is 4. The molecule has 140 valence electrons. The smallest absolute Gasteiger partial charge is 0.160 e. The molecule has 27 heavy (non-hydrogen) atoms. The van der Waals surface area contributed by atoms with Crippen LogP contribution in [0, 0.1) is 0 Å². The number of methoxy groups -OCH3 is 1. The van der Waals surface area contributed by atoms with E-state index in [4.69, 9.17) is 4.74 Å². The van der Waals surface area contributed by atoms with Crippen molar-refractivity contribution in [3.8, 4) is 17.2 Å². The molecule has 4 rings (SSSR count). The topological polar surface area (TPSA) is 57.9 Å². The zero-order chi connectivity index (χ0) is 18.8. The number of aromatic hydroxyl groups is 2. The van der Waals surface area contributed by atoms with Crippen LogP contribution in [0.3, 0.4) is 0 Å². The van der Waals surface area contributed by atoms with E-state index in [0.717, 1.165) is 30.6 Å². The molecule has 1 atom stereocenters. The van der Waals surface area contributed by atoms with Crippen LogP contribution in [0.1, 0.15) is 29.3 Å². The highest BCUT2D eigenvalue weighted by Crippen LogP contribution is 2.37. The standard InChI is InChI=1S/C22H24N2O3/c1-27-21-14-16(9-10-20(21)26)15-24-13-5-12-23-11-4-7-18(23)22(24)17-6-2-3-8-19(17)25/h2-4,6-11,14,22,25-26H,5,12-13,15H2,1H3. The summed E-state index contributed by atoms with van der Waals surface area (Å²) in [6.45, 7) is 2.56. The van der Waals surface area contributed by atoms with E-state index in [1.54, 1.807) is 19.2 Å². The van der Waals surface area contributed by atoms with E-state index in [9.17, 15) is 10.2 Å². The number of phenols is 2. The molecule has 1 aromatic heterocycles. The Balaban J connectivity index is 1.75. The lowest BCUT2D eigenvalue weighted by atomic mass is 10.00. The Labute approximate surface area is 159 Å². The first kappa shape index (κ1) is 17.5. The van der Waals surface area contributed by atoms with Crippen LogP contribution in [0.25, 0.3) is 0 Å². The summed E-state index contributed by atoms with van der Waals surface area (Å²) in [6, 6.07) is 17.2. The van der Waals surface area contributed by atoms with Crippen molar-refractivity contribution in [3.63, 3.8) is 0 Å². The second-order valence-corrected chi connectivity index (χ2v) is 6.92. The number of para-hydroxylation sites is 1. The van der Waals surface area contributed by atoms with Crippen molar-refractivity contribution < 1.29 is 14.9 Å². The molecule has 1 aliphatic heterocycles. The molecular weight excluding hydrogens is 340 g/mol. The quantitative estimate of drug-likeness (QED) is 0.737. The Morgan fingerprint density at radius 2 is 1.85 bits per heavy atom. The molecule has 5 heteroatoms. The molecule has 2 aromatic carbocycles. The van der Waals surface area contributed by atoms with Crippen LogP contribution in [0.15, 0.2) is 60.8 Å². The average Bonchev–Trinajstić information content (AvgIpc) is 3.06. The van der Waals surface area contributed by atoms with Crippen molar-refractivity contribution >= 4 is 0 Å². The maximum absolute atomic E-state index is 10.5. The molecule has 0 saturated heterocycles. The van der Waals surface area contributed by atoms with Crippen LogP contribution in [0.4, 0.5) is 0 Å². The van der Waals surface area contributed by atoms with Crippen LogP contribution in [-0.2, 0) is 13.1 Å². The summed E-state index contributed by atoms with van der Waals surface area (Å²) >= 11 is 0. The molecule has 2 heterocycles. The van der Waals surface area contributed by atoms with Gasteiger partial charge in [0.15, 0.2) is 11.5 Å². The van der Waals surface area contributed by atoms with E-state index in [1.165, 1.54) is 5.69 Å². The van der Waals surface area contributed by atoms with Gasteiger partial charge >= 0.3 is 0 Å². The monoisotopic (exact) mass is 364 g/mol. The molecule has 0 bridgehead atoms. The van der Waals surface area contributed by atoms with Gasteiger partial charge in [-0.3, -0.25) is 4.90 Å². The van der Waals surface area contributed by atoms with E-state index in [-0.39, 0.29) is 11.8 Å². The van der Waals surface area contributed by atoms with E-state index < -0.39 is 0 Å². The Kier molecular flexibility index (Phi) is 4.77. The molecule has 3 aromatic rings. The highest BCUT2D eigenvalue weighted by Gasteiger charge is 2.29. The number of fused-ring (bicyclic) bond motifs is 1. The third-order valence-electron chi connectivity index (χ3n) is 5.22.